The zero-order valence-electron chi connectivity index (χ0n) is 10.4. The van der Waals surface area contributed by atoms with E-state index in [1.165, 1.54) is 0 Å². The van der Waals surface area contributed by atoms with Crippen LogP contribution in [0.4, 0.5) is 5.95 Å². The number of nitrogens with zero attached hydrogens (tertiary/aromatic N) is 3. The highest BCUT2D eigenvalue weighted by Gasteiger charge is 2.02. The Hall–Kier alpha value is -2.69. The van der Waals surface area contributed by atoms with E-state index in [-0.39, 0.29) is 0 Å². The van der Waals surface area contributed by atoms with Gasteiger partial charge in [0.15, 0.2) is 0 Å². The standard InChI is InChI=1S/C14H12N4O/c1-15-14-17-8-6-13(18-14)19-11-5-4-10-3-2-7-16-12(10)9-11/h2-9H,1H3,(H,15,17,18). The quantitative estimate of drug-likeness (QED) is 0.776. The molecule has 0 spiro atoms. The summed E-state index contributed by atoms with van der Waals surface area (Å²) in [5, 5.41) is 3.95. The summed E-state index contributed by atoms with van der Waals surface area (Å²) in [7, 11) is 1.76. The van der Waals surface area contributed by atoms with Crippen LogP contribution in [0.15, 0.2) is 48.8 Å². The monoisotopic (exact) mass is 252 g/mol. The lowest BCUT2D eigenvalue weighted by Gasteiger charge is -2.06. The summed E-state index contributed by atoms with van der Waals surface area (Å²) < 4.78 is 5.70. The number of anilines is 1. The first-order chi connectivity index (χ1) is 9.35. The molecule has 0 aliphatic carbocycles. The molecule has 1 aromatic carbocycles. The second-order valence-corrected chi connectivity index (χ2v) is 3.93. The minimum atomic E-state index is 0.495. The summed E-state index contributed by atoms with van der Waals surface area (Å²) >= 11 is 0. The van der Waals surface area contributed by atoms with E-state index in [2.05, 4.69) is 20.3 Å². The third-order valence-corrected chi connectivity index (χ3v) is 2.65. The summed E-state index contributed by atoms with van der Waals surface area (Å²) in [6, 6.07) is 11.4. The summed E-state index contributed by atoms with van der Waals surface area (Å²) in [6.07, 6.45) is 3.41. The van der Waals surface area contributed by atoms with Gasteiger partial charge in [0.25, 0.3) is 0 Å². The number of benzene rings is 1. The maximum atomic E-state index is 5.70. The molecule has 2 heterocycles. The van der Waals surface area contributed by atoms with Crippen LogP contribution in [-0.4, -0.2) is 22.0 Å². The number of pyridine rings is 1. The topological polar surface area (TPSA) is 59.9 Å². The maximum absolute atomic E-state index is 5.70. The number of ether oxygens (including phenoxy) is 1. The van der Waals surface area contributed by atoms with Crippen LogP contribution < -0.4 is 10.1 Å². The molecule has 94 valence electrons. The summed E-state index contributed by atoms with van der Waals surface area (Å²) in [5.41, 5.74) is 0.892. The molecule has 1 N–H and O–H groups in total. The van der Waals surface area contributed by atoms with Gasteiger partial charge in [-0.1, -0.05) is 6.07 Å². The molecule has 0 radical (unpaired) electrons. The van der Waals surface area contributed by atoms with E-state index in [1.54, 1.807) is 25.5 Å². The first-order valence-electron chi connectivity index (χ1n) is 5.88. The second kappa shape index (κ2) is 4.89. The highest BCUT2D eigenvalue weighted by Crippen LogP contribution is 2.23. The van der Waals surface area contributed by atoms with Crippen molar-refractivity contribution in [3.63, 3.8) is 0 Å². The fourth-order valence-corrected chi connectivity index (χ4v) is 1.75. The van der Waals surface area contributed by atoms with Gasteiger partial charge in [-0.3, -0.25) is 4.98 Å². The molecule has 5 heteroatoms. The summed E-state index contributed by atoms with van der Waals surface area (Å²) in [4.78, 5) is 12.5. The van der Waals surface area contributed by atoms with E-state index in [9.17, 15) is 0 Å². The largest absolute Gasteiger partial charge is 0.439 e. The smallest absolute Gasteiger partial charge is 0.225 e. The highest BCUT2D eigenvalue weighted by molar-refractivity contribution is 5.79. The molecule has 19 heavy (non-hydrogen) atoms. The lowest BCUT2D eigenvalue weighted by molar-refractivity contribution is 0.463. The molecule has 0 saturated carbocycles. The van der Waals surface area contributed by atoms with Crippen LogP contribution in [-0.2, 0) is 0 Å². The number of rotatable bonds is 3. The van der Waals surface area contributed by atoms with Gasteiger partial charge < -0.3 is 10.1 Å². The molecule has 0 bridgehead atoms. The van der Waals surface area contributed by atoms with Crippen molar-refractivity contribution < 1.29 is 4.74 Å². The van der Waals surface area contributed by atoms with Gasteiger partial charge in [0.1, 0.15) is 5.75 Å². The van der Waals surface area contributed by atoms with Gasteiger partial charge in [0.05, 0.1) is 5.52 Å². The molecule has 3 aromatic rings. The number of hydrogen-bond donors (Lipinski definition) is 1. The third kappa shape index (κ3) is 2.44. The van der Waals surface area contributed by atoms with Crippen molar-refractivity contribution in [2.24, 2.45) is 0 Å². The summed E-state index contributed by atoms with van der Waals surface area (Å²) in [5.74, 6) is 1.72. The molecular weight excluding hydrogens is 240 g/mol. The summed E-state index contributed by atoms with van der Waals surface area (Å²) in [6.45, 7) is 0. The van der Waals surface area contributed by atoms with Crippen LogP contribution in [0.5, 0.6) is 11.6 Å². The molecule has 0 unspecified atom stereocenters. The molecule has 5 nitrogen and oxygen atoms in total. The van der Waals surface area contributed by atoms with Crippen molar-refractivity contribution in [3.8, 4) is 11.6 Å². The van der Waals surface area contributed by atoms with Crippen LogP contribution in [0.25, 0.3) is 10.9 Å². The molecular formula is C14H12N4O. The van der Waals surface area contributed by atoms with Crippen molar-refractivity contribution in [2.75, 3.05) is 12.4 Å². The number of fused-ring (bicyclic) bond motifs is 1. The third-order valence-electron chi connectivity index (χ3n) is 2.65. The van der Waals surface area contributed by atoms with E-state index >= 15 is 0 Å². The first kappa shape index (κ1) is 11.4. The van der Waals surface area contributed by atoms with Crippen molar-refractivity contribution in [2.45, 2.75) is 0 Å². The maximum Gasteiger partial charge on any atom is 0.225 e. The average Bonchev–Trinajstić information content (AvgIpc) is 2.47. The predicted octanol–water partition coefficient (Wildman–Crippen LogP) is 2.86. The van der Waals surface area contributed by atoms with Crippen molar-refractivity contribution >= 4 is 16.9 Å². The Morgan fingerprint density at radius 2 is 2.00 bits per heavy atom. The second-order valence-electron chi connectivity index (χ2n) is 3.93. The molecule has 0 saturated heterocycles. The fraction of sp³-hybridized carbons (Fsp3) is 0.0714. The number of hydrogen-bond acceptors (Lipinski definition) is 5. The average molecular weight is 252 g/mol. The van der Waals surface area contributed by atoms with Gasteiger partial charge in [0, 0.05) is 37.0 Å². The molecule has 0 atom stereocenters. The molecule has 2 aromatic heterocycles. The van der Waals surface area contributed by atoms with Gasteiger partial charge in [-0.25, -0.2) is 4.98 Å². The van der Waals surface area contributed by atoms with Gasteiger partial charge >= 0.3 is 0 Å². The van der Waals surface area contributed by atoms with E-state index in [0.29, 0.717) is 17.6 Å². The van der Waals surface area contributed by atoms with E-state index in [4.69, 9.17) is 4.74 Å². The van der Waals surface area contributed by atoms with Crippen molar-refractivity contribution in [1.29, 1.82) is 0 Å². The van der Waals surface area contributed by atoms with Crippen LogP contribution in [0.2, 0.25) is 0 Å². The van der Waals surface area contributed by atoms with Crippen LogP contribution in [0, 0.1) is 0 Å². The molecule has 0 fully saturated rings. The lowest BCUT2D eigenvalue weighted by atomic mass is 10.2. The van der Waals surface area contributed by atoms with E-state index in [0.717, 1.165) is 10.9 Å². The molecule has 0 aliphatic rings. The molecule has 0 amide bonds. The highest BCUT2D eigenvalue weighted by atomic mass is 16.5. The SMILES string of the molecule is CNc1nccc(Oc2ccc3cccnc3c2)n1. The van der Waals surface area contributed by atoms with Crippen molar-refractivity contribution in [3.05, 3.63) is 48.8 Å². The molecule has 0 aliphatic heterocycles. The van der Waals surface area contributed by atoms with Crippen LogP contribution in [0.1, 0.15) is 0 Å². The zero-order valence-corrected chi connectivity index (χ0v) is 10.4. The molecule has 3 rings (SSSR count). The van der Waals surface area contributed by atoms with Gasteiger partial charge in [-0.15, -0.1) is 0 Å². The Morgan fingerprint density at radius 3 is 2.89 bits per heavy atom. The Morgan fingerprint density at radius 1 is 1.05 bits per heavy atom. The van der Waals surface area contributed by atoms with E-state index in [1.807, 2.05) is 30.3 Å². The fourth-order valence-electron chi connectivity index (χ4n) is 1.75. The number of nitrogens with one attached hydrogen (secondary N) is 1. The Bertz CT molecular complexity index is 714. The Kier molecular flexibility index (Phi) is 2.94. The van der Waals surface area contributed by atoms with Gasteiger partial charge in [0.2, 0.25) is 11.8 Å². The van der Waals surface area contributed by atoms with E-state index < -0.39 is 0 Å². The minimum absolute atomic E-state index is 0.495. The first-order valence-corrected chi connectivity index (χ1v) is 5.88. The normalized spacial score (nSPS) is 10.4. The predicted molar refractivity (Wildman–Crippen MR) is 73.4 cm³/mol. The Balaban J connectivity index is 1.92. The van der Waals surface area contributed by atoms with Gasteiger partial charge in [-0.05, 0) is 18.2 Å². The number of aromatic nitrogens is 3. The van der Waals surface area contributed by atoms with Gasteiger partial charge in [-0.2, -0.15) is 4.98 Å². The lowest BCUT2D eigenvalue weighted by Crippen LogP contribution is -1.97. The van der Waals surface area contributed by atoms with Crippen LogP contribution in [0.3, 0.4) is 0 Å². The minimum Gasteiger partial charge on any atom is -0.439 e. The zero-order chi connectivity index (χ0) is 13.1. The van der Waals surface area contributed by atoms with Crippen LogP contribution >= 0.6 is 0 Å². The van der Waals surface area contributed by atoms with Crippen molar-refractivity contribution in [1.82, 2.24) is 15.0 Å². The Labute approximate surface area is 110 Å².